The van der Waals surface area contributed by atoms with Crippen LogP contribution in [-0.2, 0) is 0 Å². The minimum atomic E-state index is -4.37. The van der Waals surface area contributed by atoms with Gasteiger partial charge in [-0.1, -0.05) is 19.8 Å². The van der Waals surface area contributed by atoms with Gasteiger partial charge in [-0.25, -0.2) is 4.79 Å². The fraction of sp³-hybridized carbons (Fsp3) is 0.929. The minimum absolute atomic E-state index is 0.0455. The van der Waals surface area contributed by atoms with E-state index in [4.69, 9.17) is 5.11 Å². The first-order valence-electron chi connectivity index (χ1n) is 7.62. The summed E-state index contributed by atoms with van der Waals surface area (Å²) in [5.74, 6) is 0.478. The average molecular weight is 326 g/mol. The Kier molecular flexibility index (Phi) is 7.41. The number of aliphatic hydroxyl groups is 2. The van der Waals surface area contributed by atoms with Gasteiger partial charge in [0.15, 0.2) is 0 Å². The maximum absolute atomic E-state index is 12.3. The SMILES string of the molecule is CC1CCCC(NC(=O)N(CCC(F)(F)F)C[C@H](O)CO)C1. The zero-order valence-electron chi connectivity index (χ0n) is 12.8. The lowest BCUT2D eigenvalue weighted by Gasteiger charge is -2.31. The van der Waals surface area contributed by atoms with Crippen LogP contribution in [-0.4, -0.2) is 59.2 Å². The van der Waals surface area contributed by atoms with E-state index in [1.54, 1.807) is 0 Å². The monoisotopic (exact) mass is 326 g/mol. The van der Waals surface area contributed by atoms with E-state index in [0.29, 0.717) is 5.92 Å². The molecule has 1 aliphatic rings. The van der Waals surface area contributed by atoms with Crippen LogP contribution in [0.5, 0.6) is 0 Å². The molecule has 1 aliphatic carbocycles. The molecule has 0 heterocycles. The first-order chi connectivity index (χ1) is 10.2. The second-order valence-corrected chi connectivity index (χ2v) is 6.07. The highest BCUT2D eigenvalue weighted by atomic mass is 19.4. The van der Waals surface area contributed by atoms with Gasteiger partial charge in [-0.3, -0.25) is 0 Å². The summed E-state index contributed by atoms with van der Waals surface area (Å²) in [7, 11) is 0. The number of urea groups is 1. The molecule has 2 amide bonds. The van der Waals surface area contributed by atoms with Crippen LogP contribution in [0.15, 0.2) is 0 Å². The molecule has 130 valence electrons. The highest BCUT2D eigenvalue weighted by Gasteiger charge is 2.30. The van der Waals surface area contributed by atoms with E-state index in [-0.39, 0.29) is 12.6 Å². The predicted octanol–water partition coefficient (Wildman–Crippen LogP) is 1.88. The van der Waals surface area contributed by atoms with E-state index in [2.05, 4.69) is 12.2 Å². The fourth-order valence-electron chi connectivity index (χ4n) is 2.68. The number of hydrogen-bond donors (Lipinski definition) is 3. The average Bonchev–Trinajstić information content (AvgIpc) is 2.42. The normalized spacial score (nSPS) is 23.9. The Balaban J connectivity index is 2.57. The number of amides is 2. The van der Waals surface area contributed by atoms with E-state index in [1.165, 1.54) is 0 Å². The first kappa shape index (κ1) is 19.0. The van der Waals surface area contributed by atoms with Gasteiger partial charge >= 0.3 is 12.2 Å². The van der Waals surface area contributed by atoms with Crippen LogP contribution in [0.4, 0.5) is 18.0 Å². The lowest BCUT2D eigenvalue weighted by molar-refractivity contribution is -0.137. The molecule has 0 aromatic carbocycles. The van der Waals surface area contributed by atoms with Crippen LogP contribution in [0.3, 0.4) is 0 Å². The van der Waals surface area contributed by atoms with E-state index < -0.39 is 37.9 Å². The Morgan fingerprint density at radius 3 is 2.64 bits per heavy atom. The molecule has 0 aliphatic heterocycles. The van der Waals surface area contributed by atoms with Gasteiger partial charge in [-0.15, -0.1) is 0 Å². The number of aliphatic hydroxyl groups excluding tert-OH is 2. The van der Waals surface area contributed by atoms with E-state index in [1.807, 2.05) is 0 Å². The molecule has 5 nitrogen and oxygen atoms in total. The number of carbonyl (C=O) groups is 1. The number of rotatable bonds is 6. The maximum Gasteiger partial charge on any atom is 0.390 e. The summed E-state index contributed by atoms with van der Waals surface area (Å²) < 4.78 is 37.0. The molecule has 1 rings (SSSR count). The van der Waals surface area contributed by atoms with Crippen LogP contribution in [0, 0.1) is 5.92 Å². The fourth-order valence-corrected chi connectivity index (χ4v) is 2.68. The Morgan fingerprint density at radius 2 is 2.09 bits per heavy atom. The second-order valence-electron chi connectivity index (χ2n) is 6.07. The Morgan fingerprint density at radius 1 is 1.41 bits per heavy atom. The summed E-state index contributed by atoms with van der Waals surface area (Å²) in [6.45, 7) is 0.626. The smallest absolute Gasteiger partial charge is 0.390 e. The Hall–Kier alpha value is -1.02. The Bertz CT molecular complexity index is 353. The molecule has 3 N–H and O–H groups in total. The number of nitrogens with one attached hydrogen (secondary N) is 1. The van der Waals surface area contributed by atoms with Crippen LogP contribution >= 0.6 is 0 Å². The largest absolute Gasteiger partial charge is 0.394 e. The zero-order valence-corrected chi connectivity index (χ0v) is 12.8. The molecule has 2 unspecified atom stereocenters. The molecule has 1 fully saturated rings. The summed E-state index contributed by atoms with van der Waals surface area (Å²) in [6, 6.07) is -0.660. The van der Waals surface area contributed by atoms with Crippen molar-refractivity contribution in [3.8, 4) is 0 Å². The lowest BCUT2D eigenvalue weighted by Crippen LogP contribution is -2.49. The predicted molar refractivity (Wildman–Crippen MR) is 75.3 cm³/mol. The number of halogens is 3. The van der Waals surface area contributed by atoms with Gasteiger partial charge in [-0.05, 0) is 18.8 Å². The van der Waals surface area contributed by atoms with Crippen molar-refractivity contribution in [2.75, 3.05) is 19.7 Å². The third kappa shape index (κ3) is 7.31. The van der Waals surface area contributed by atoms with Gasteiger partial charge in [0.2, 0.25) is 0 Å². The molecular weight excluding hydrogens is 301 g/mol. The molecule has 0 aromatic rings. The first-order valence-corrected chi connectivity index (χ1v) is 7.62. The van der Waals surface area contributed by atoms with Crippen molar-refractivity contribution in [2.45, 2.75) is 57.3 Å². The highest BCUT2D eigenvalue weighted by molar-refractivity contribution is 5.74. The van der Waals surface area contributed by atoms with Crippen molar-refractivity contribution < 1.29 is 28.2 Å². The van der Waals surface area contributed by atoms with Gasteiger partial charge < -0.3 is 20.4 Å². The van der Waals surface area contributed by atoms with E-state index in [9.17, 15) is 23.1 Å². The van der Waals surface area contributed by atoms with Crippen molar-refractivity contribution in [2.24, 2.45) is 5.92 Å². The van der Waals surface area contributed by atoms with Crippen LogP contribution in [0.25, 0.3) is 0 Å². The van der Waals surface area contributed by atoms with Gasteiger partial charge in [0.25, 0.3) is 0 Å². The topological polar surface area (TPSA) is 72.8 Å². The van der Waals surface area contributed by atoms with Gasteiger partial charge in [0, 0.05) is 12.6 Å². The second kappa shape index (κ2) is 8.57. The summed E-state index contributed by atoms with van der Waals surface area (Å²) in [4.78, 5) is 13.1. The molecular formula is C14H25F3N2O3. The third-order valence-electron chi connectivity index (χ3n) is 3.86. The third-order valence-corrected chi connectivity index (χ3v) is 3.86. The molecule has 0 spiro atoms. The molecule has 0 saturated heterocycles. The van der Waals surface area contributed by atoms with Crippen LogP contribution < -0.4 is 5.32 Å². The molecule has 0 aromatic heterocycles. The number of hydrogen-bond acceptors (Lipinski definition) is 3. The molecule has 22 heavy (non-hydrogen) atoms. The van der Waals surface area contributed by atoms with Crippen LogP contribution in [0.1, 0.15) is 39.0 Å². The van der Waals surface area contributed by atoms with Crippen molar-refractivity contribution in [3.05, 3.63) is 0 Å². The summed E-state index contributed by atoms with van der Waals surface area (Å²) in [5, 5.41) is 21.0. The summed E-state index contributed by atoms with van der Waals surface area (Å²) in [6.07, 6.45) is -3.07. The summed E-state index contributed by atoms with van der Waals surface area (Å²) >= 11 is 0. The van der Waals surface area contributed by atoms with Crippen molar-refractivity contribution in [1.82, 2.24) is 10.2 Å². The van der Waals surface area contributed by atoms with Gasteiger partial charge in [-0.2, -0.15) is 13.2 Å². The molecule has 0 bridgehead atoms. The van der Waals surface area contributed by atoms with E-state index >= 15 is 0 Å². The standard InChI is InChI=1S/C14H25F3N2O3/c1-10-3-2-4-11(7-10)18-13(22)19(8-12(21)9-20)6-5-14(15,16)17/h10-12,20-21H,2-9H2,1H3,(H,18,22)/t10?,11?,12-/m0/s1. The van der Waals surface area contributed by atoms with Gasteiger partial charge in [0.05, 0.1) is 25.7 Å². The number of nitrogens with zero attached hydrogens (tertiary/aromatic N) is 1. The van der Waals surface area contributed by atoms with Gasteiger partial charge in [0.1, 0.15) is 0 Å². The number of carbonyl (C=O) groups excluding carboxylic acids is 1. The lowest BCUT2D eigenvalue weighted by atomic mass is 9.87. The molecule has 1 saturated carbocycles. The van der Waals surface area contributed by atoms with Crippen LogP contribution in [0.2, 0.25) is 0 Å². The van der Waals surface area contributed by atoms with E-state index in [0.717, 1.165) is 30.6 Å². The molecule has 8 heteroatoms. The number of alkyl halides is 3. The van der Waals surface area contributed by atoms with Crippen molar-refractivity contribution in [3.63, 3.8) is 0 Å². The highest BCUT2D eigenvalue weighted by Crippen LogP contribution is 2.24. The van der Waals surface area contributed by atoms with Crippen molar-refractivity contribution >= 4 is 6.03 Å². The summed E-state index contributed by atoms with van der Waals surface area (Å²) in [5.41, 5.74) is 0. The molecule has 0 radical (unpaired) electrons. The minimum Gasteiger partial charge on any atom is -0.394 e. The Labute approximate surface area is 128 Å². The van der Waals surface area contributed by atoms with Crippen molar-refractivity contribution in [1.29, 1.82) is 0 Å². The maximum atomic E-state index is 12.3. The quantitative estimate of drug-likeness (QED) is 0.698. The zero-order chi connectivity index (χ0) is 16.8. The molecule has 3 atom stereocenters.